The van der Waals surface area contributed by atoms with E-state index in [1.54, 1.807) is 0 Å². The van der Waals surface area contributed by atoms with Crippen LogP contribution in [0.1, 0.15) is 194 Å². The Balaban J connectivity index is 1.76. The van der Waals surface area contributed by atoms with Crippen molar-refractivity contribution in [2.45, 2.75) is 261 Å². The standard InChI is InChI=1S/C57H98O15/c1-3-5-7-9-11-13-15-17-19-20-21-22-23-24-26-27-29-31-33-35-37-39-48(59)67-42-45(70-49(60)40-38-36-34-32-30-28-25-18-16-14-12-10-8-6-4-2)43-68-56-55(66)53(64)51(62)47(72-56)44-69-57-54(65)52(63)50(61)46(41-58)71-57/h6,8,10,12,14,16-19,25,45-47,50-58,61-66H,3-5,7,9,11,13,15,20-24,26-44H2,1-2H3/b8-6+,12-10+,16-14+,19-17+,25-18+/t45-,46+,47+,50-,51-,52?,53?,54?,55?,56+,57+/m0/s1. The second-order valence-corrected chi connectivity index (χ2v) is 19.5. The molecule has 15 heteroatoms. The van der Waals surface area contributed by atoms with Gasteiger partial charge in [0.25, 0.3) is 0 Å². The number of aliphatic hydroxyl groups is 7. The maximum atomic E-state index is 13.0. The molecule has 2 heterocycles. The van der Waals surface area contributed by atoms with Crippen LogP contribution >= 0.6 is 0 Å². The van der Waals surface area contributed by atoms with Gasteiger partial charge in [0, 0.05) is 12.8 Å². The highest BCUT2D eigenvalue weighted by atomic mass is 16.7. The first kappa shape index (κ1) is 65.3. The van der Waals surface area contributed by atoms with Gasteiger partial charge in [-0.25, -0.2) is 0 Å². The Morgan fingerprint density at radius 2 is 0.889 bits per heavy atom. The minimum Gasteiger partial charge on any atom is -0.462 e. The Morgan fingerprint density at radius 3 is 1.42 bits per heavy atom. The third-order valence-corrected chi connectivity index (χ3v) is 13.1. The van der Waals surface area contributed by atoms with Gasteiger partial charge >= 0.3 is 11.9 Å². The molecular formula is C57H98O15. The summed E-state index contributed by atoms with van der Waals surface area (Å²) in [4.78, 5) is 25.8. The van der Waals surface area contributed by atoms with Crippen LogP contribution in [-0.2, 0) is 38.0 Å². The quantitative estimate of drug-likeness (QED) is 0.0131. The Morgan fingerprint density at radius 1 is 0.458 bits per heavy atom. The zero-order valence-corrected chi connectivity index (χ0v) is 44.1. The average Bonchev–Trinajstić information content (AvgIpc) is 3.37. The van der Waals surface area contributed by atoms with Crippen LogP contribution < -0.4 is 0 Å². The molecule has 416 valence electrons. The van der Waals surface area contributed by atoms with Crippen LogP contribution in [0.5, 0.6) is 0 Å². The molecule has 11 atom stereocenters. The number of esters is 2. The van der Waals surface area contributed by atoms with E-state index in [0.717, 1.165) is 57.8 Å². The molecule has 0 saturated carbocycles. The lowest BCUT2D eigenvalue weighted by Gasteiger charge is -2.42. The van der Waals surface area contributed by atoms with Crippen molar-refractivity contribution in [3.63, 3.8) is 0 Å². The first-order valence-electron chi connectivity index (χ1n) is 27.9. The second-order valence-electron chi connectivity index (χ2n) is 19.5. The van der Waals surface area contributed by atoms with E-state index in [9.17, 15) is 45.3 Å². The Bertz CT molecular complexity index is 1480. The van der Waals surface area contributed by atoms with E-state index in [0.29, 0.717) is 12.8 Å². The lowest BCUT2D eigenvalue weighted by molar-refractivity contribution is -0.332. The van der Waals surface area contributed by atoms with Crippen molar-refractivity contribution in [2.24, 2.45) is 0 Å². The largest absolute Gasteiger partial charge is 0.462 e. The van der Waals surface area contributed by atoms with Gasteiger partial charge in [-0.3, -0.25) is 9.59 Å². The molecule has 15 nitrogen and oxygen atoms in total. The van der Waals surface area contributed by atoms with Gasteiger partial charge in [-0.05, 0) is 57.8 Å². The molecule has 0 aliphatic carbocycles. The van der Waals surface area contributed by atoms with Crippen molar-refractivity contribution in [1.29, 1.82) is 0 Å². The van der Waals surface area contributed by atoms with Crippen molar-refractivity contribution >= 4 is 11.9 Å². The fraction of sp³-hybridized carbons (Fsp3) is 0.789. The number of carbonyl (C=O) groups excluding carboxylic acids is 2. The minimum atomic E-state index is -1.77. The van der Waals surface area contributed by atoms with Gasteiger partial charge in [0.15, 0.2) is 18.7 Å². The molecule has 0 aromatic rings. The molecular weight excluding hydrogens is 925 g/mol. The highest BCUT2D eigenvalue weighted by molar-refractivity contribution is 5.70. The van der Waals surface area contributed by atoms with Crippen LogP contribution in [0.3, 0.4) is 0 Å². The van der Waals surface area contributed by atoms with E-state index in [-0.39, 0.29) is 19.4 Å². The number of unbranched alkanes of at least 4 members (excludes halogenated alkanes) is 22. The zero-order valence-electron chi connectivity index (χ0n) is 44.1. The average molecular weight is 1020 g/mol. The van der Waals surface area contributed by atoms with Gasteiger partial charge in [0.05, 0.1) is 19.8 Å². The molecule has 0 aromatic heterocycles. The fourth-order valence-corrected chi connectivity index (χ4v) is 8.52. The summed E-state index contributed by atoms with van der Waals surface area (Å²) in [5.74, 6) is -0.952. The Labute approximate surface area is 432 Å². The molecule has 7 N–H and O–H groups in total. The van der Waals surface area contributed by atoms with Gasteiger partial charge in [-0.2, -0.15) is 0 Å². The molecule has 2 rings (SSSR count). The third-order valence-electron chi connectivity index (χ3n) is 13.1. The number of carbonyl (C=O) groups is 2. The van der Waals surface area contributed by atoms with E-state index in [4.69, 9.17) is 28.4 Å². The summed E-state index contributed by atoms with van der Waals surface area (Å²) < 4.78 is 33.6. The lowest BCUT2D eigenvalue weighted by atomic mass is 9.98. The normalized spacial score (nSPS) is 25.5. The molecule has 72 heavy (non-hydrogen) atoms. The highest BCUT2D eigenvalue weighted by Gasteiger charge is 2.47. The molecule has 0 amide bonds. The Kier molecular flexibility index (Phi) is 39.4. The zero-order chi connectivity index (χ0) is 52.4. The topological polar surface area (TPSA) is 231 Å². The number of hydrogen-bond donors (Lipinski definition) is 7. The predicted octanol–water partition coefficient (Wildman–Crippen LogP) is 8.83. The van der Waals surface area contributed by atoms with Crippen molar-refractivity contribution in [3.8, 4) is 0 Å². The lowest BCUT2D eigenvalue weighted by Crippen LogP contribution is -2.61. The van der Waals surface area contributed by atoms with Crippen LogP contribution in [0.4, 0.5) is 0 Å². The molecule has 2 aliphatic rings. The van der Waals surface area contributed by atoms with Crippen LogP contribution in [0.2, 0.25) is 0 Å². The summed E-state index contributed by atoms with van der Waals surface area (Å²) in [7, 11) is 0. The van der Waals surface area contributed by atoms with Gasteiger partial charge in [0.1, 0.15) is 55.4 Å². The summed E-state index contributed by atoms with van der Waals surface area (Å²) in [5.41, 5.74) is 0. The summed E-state index contributed by atoms with van der Waals surface area (Å²) in [5, 5.41) is 72.2. The molecule has 0 aromatic carbocycles. The van der Waals surface area contributed by atoms with Crippen LogP contribution in [-0.4, -0.2) is 142 Å². The van der Waals surface area contributed by atoms with E-state index >= 15 is 0 Å². The highest BCUT2D eigenvalue weighted by Crippen LogP contribution is 2.26. The molecule has 0 spiro atoms. The molecule has 2 aliphatic heterocycles. The van der Waals surface area contributed by atoms with Crippen LogP contribution in [0, 0.1) is 0 Å². The summed E-state index contributed by atoms with van der Waals surface area (Å²) >= 11 is 0. The molecule has 4 unspecified atom stereocenters. The second kappa shape index (κ2) is 43.4. The number of aliphatic hydroxyl groups excluding tert-OH is 7. The fourth-order valence-electron chi connectivity index (χ4n) is 8.52. The van der Waals surface area contributed by atoms with Gasteiger partial charge in [-0.1, -0.05) is 184 Å². The number of rotatable bonds is 43. The van der Waals surface area contributed by atoms with Crippen molar-refractivity contribution in [1.82, 2.24) is 0 Å². The van der Waals surface area contributed by atoms with Crippen LogP contribution in [0.25, 0.3) is 0 Å². The monoisotopic (exact) mass is 1020 g/mol. The summed E-state index contributed by atoms with van der Waals surface area (Å²) in [6.07, 6.45) is 33.9. The summed E-state index contributed by atoms with van der Waals surface area (Å²) in [6, 6.07) is 0. The predicted molar refractivity (Wildman–Crippen MR) is 280 cm³/mol. The van der Waals surface area contributed by atoms with Gasteiger partial charge < -0.3 is 64.2 Å². The maximum absolute atomic E-state index is 13.0. The molecule has 0 bridgehead atoms. The number of ether oxygens (including phenoxy) is 6. The third kappa shape index (κ3) is 30.5. The maximum Gasteiger partial charge on any atom is 0.306 e. The number of allylic oxidation sites excluding steroid dienone is 10. The molecule has 2 saturated heterocycles. The van der Waals surface area contributed by atoms with Crippen LogP contribution in [0.15, 0.2) is 60.8 Å². The SMILES string of the molecule is CC/C=C/C=C/C=C/C=C/CCCCCCCC(=O)O[C@@H](COC(=O)CCCCCCCCCCCCC/C=C/CCCCCCCC)CO[C@@H]1O[C@H](CO[C@@H]2O[C@H](CO)[C@H](O)C(O)C2O)[C@H](O)C(O)C1O. The van der Waals surface area contributed by atoms with Crippen molar-refractivity contribution in [3.05, 3.63) is 60.8 Å². The summed E-state index contributed by atoms with van der Waals surface area (Å²) in [6.45, 7) is 2.43. The molecule has 0 radical (unpaired) electrons. The van der Waals surface area contributed by atoms with E-state index in [2.05, 4.69) is 38.2 Å². The van der Waals surface area contributed by atoms with Gasteiger partial charge in [0.2, 0.25) is 0 Å². The smallest absolute Gasteiger partial charge is 0.306 e. The van der Waals surface area contributed by atoms with E-state index < -0.39 is 99.3 Å². The van der Waals surface area contributed by atoms with Crippen molar-refractivity contribution < 1.29 is 73.8 Å². The first-order chi connectivity index (χ1) is 35.0. The van der Waals surface area contributed by atoms with E-state index in [1.807, 2.05) is 36.5 Å². The van der Waals surface area contributed by atoms with Crippen molar-refractivity contribution in [2.75, 3.05) is 26.4 Å². The number of hydrogen-bond acceptors (Lipinski definition) is 15. The Hall–Kier alpha value is -2.80. The van der Waals surface area contributed by atoms with E-state index in [1.165, 1.54) is 96.3 Å². The minimum absolute atomic E-state index is 0.137. The first-order valence-corrected chi connectivity index (χ1v) is 27.9. The van der Waals surface area contributed by atoms with Gasteiger partial charge in [-0.15, -0.1) is 0 Å². The molecule has 2 fully saturated rings.